The SMILES string of the molecule is CCC(CC)(c1ccc(/C=C/C2(O)CCCCC2)c(C)c1)c1ccc(-c2ccc(CC(=O)O)c(F)c2)c(C)c1.CCC(CC)(c1ccc(/C=C/C2(O)CCCCC2)c(C)c1)c1ccc(-c2ccc(CC(=O)OC)c(F)c2)c(C)c1. The molecular weight excluding hydrogens is 987 g/mol. The van der Waals surface area contributed by atoms with Gasteiger partial charge in [-0.3, -0.25) is 9.59 Å². The van der Waals surface area contributed by atoms with Gasteiger partial charge in [-0.2, -0.15) is 0 Å². The van der Waals surface area contributed by atoms with Crippen LogP contribution in [0.3, 0.4) is 0 Å². The summed E-state index contributed by atoms with van der Waals surface area (Å²) in [6.07, 6.45) is 21.7. The number of carboxylic acid groups (broad SMARTS) is 1. The van der Waals surface area contributed by atoms with Crippen molar-refractivity contribution < 1.29 is 38.4 Å². The fourth-order valence-electron chi connectivity index (χ4n) is 12.6. The highest BCUT2D eigenvalue weighted by molar-refractivity contribution is 5.75. The Morgan fingerprint density at radius 2 is 0.861 bits per heavy atom. The molecule has 0 aromatic heterocycles. The molecule has 8 heteroatoms. The number of carbonyl (C=O) groups excluding carboxylic acids is 1. The van der Waals surface area contributed by atoms with Crippen molar-refractivity contribution in [1.29, 1.82) is 0 Å². The van der Waals surface area contributed by atoms with Gasteiger partial charge in [0.2, 0.25) is 0 Å². The van der Waals surface area contributed by atoms with E-state index in [1.807, 2.05) is 25.1 Å². The van der Waals surface area contributed by atoms with Crippen molar-refractivity contribution in [2.75, 3.05) is 7.11 Å². The second-order valence-electron chi connectivity index (χ2n) is 22.7. The molecule has 0 aliphatic heterocycles. The summed E-state index contributed by atoms with van der Waals surface area (Å²) in [5.74, 6) is -2.39. The molecule has 0 bridgehead atoms. The highest BCUT2D eigenvalue weighted by atomic mass is 19.1. The van der Waals surface area contributed by atoms with Crippen LogP contribution in [-0.2, 0) is 38.0 Å². The average molecular weight is 1070 g/mol. The lowest BCUT2D eigenvalue weighted by molar-refractivity contribution is -0.140. The Bertz CT molecular complexity index is 3160. The van der Waals surface area contributed by atoms with E-state index in [2.05, 4.69) is 138 Å². The first-order valence-electron chi connectivity index (χ1n) is 28.9. The molecule has 3 N–H and O–H groups in total. The van der Waals surface area contributed by atoms with E-state index in [0.717, 1.165) is 122 Å². The highest BCUT2D eigenvalue weighted by Crippen LogP contribution is 2.44. The van der Waals surface area contributed by atoms with Gasteiger partial charge in [0.05, 0.1) is 31.2 Å². The quantitative estimate of drug-likeness (QED) is 0.0741. The first-order chi connectivity index (χ1) is 37.7. The summed E-state index contributed by atoms with van der Waals surface area (Å²) in [5, 5.41) is 30.8. The molecule has 2 fully saturated rings. The number of hydrogen-bond acceptors (Lipinski definition) is 5. The topological polar surface area (TPSA) is 104 Å². The molecule has 0 spiro atoms. The van der Waals surface area contributed by atoms with Crippen LogP contribution in [0.4, 0.5) is 8.78 Å². The number of halogens is 2. The Hall–Kier alpha value is -6.48. The molecule has 79 heavy (non-hydrogen) atoms. The lowest BCUT2D eigenvalue weighted by Crippen LogP contribution is -2.28. The molecule has 0 unspecified atom stereocenters. The Kier molecular flexibility index (Phi) is 20.0. The Morgan fingerprint density at radius 1 is 0.506 bits per heavy atom. The Labute approximate surface area is 469 Å². The minimum atomic E-state index is -1.04. The normalized spacial score (nSPS) is 15.5. The standard InChI is InChI=1S/C36H43FO3.C35H41FO3/c1-6-36(7-2,30-14-13-27(25(3)21-30)17-20-35(39)18-9-8-10-19-35)31-15-16-32(26(4)22-31)28-11-12-29(33(37)23-28)24-34(38)40-5;1-5-35(6-2,29-13-12-26(24(3)20-29)16-19-34(39)17-8-7-9-18-34)30-14-15-31(25(4)21-30)27-10-11-28(23-33(37)38)32(36)22-27/h11-17,20-23,39H,6-10,18-19,24H2,1-5H3;10-16,19-22,39H,5-9,17-18,23H2,1-4H3,(H,37,38)/b20-17+;19-16+. The zero-order valence-corrected chi connectivity index (χ0v) is 48.3. The van der Waals surface area contributed by atoms with E-state index in [1.165, 1.54) is 65.5 Å². The maximum absolute atomic E-state index is 14.8. The number of carboxylic acids is 1. The zero-order chi connectivity index (χ0) is 57.1. The third-order valence-electron chi connectivity index (χ3n) is 17.8. The first kappa shape index (κ1) is 60.2. The maximum Gasteiger partial charge on any atom is 0.310 e. The van der Waals surface area contributed by atoms with Crippen LogP contribution in [0.5, 0.6) is 0 Å². The summed E-state index contributed by atoms with van der Waals surface area (Å²) in [4.78, 5) is 22.6. The summed E-state index contributed by atoms with van der Waals surface area (Å²) in [7, 11) is 1.31. The van der Waals surface area contributed by atoms with Crippen LogP contribution < -0.4 is 0 Å². The first-order valence-corrected chi connectivity index (χ1v) is 28.9. The fraction of sp³-hybridized carbons (Fsp3) is 0.408. The van der Waals surface area contributed by atoms with Crippen molar-refractivity contribution in [3.8, 4) is 22.3 Å². The molecule has 418 valence electrons. The fourth-order valence-corrected chi connectivity index (χ4v) is 12.6. The highest BCUT2D eigenvalue weighted by Gasteiger charge is 2.34. The predicted octanol–water partition coefficient (Wildman–Crippen LogP) is 17.2. The van der Waals surface area contributed by atoms with Gasteiger partial charge in [-0.25, -0.2) is 8.78 Å². The summed E-state index contributed by atoms with van der Waals surface area (Å²) in [6.45, 7) is 17.3. The Morgan fingerprint density at radius 3 is 1.18 bits per heavy atom. The third-order valence-corrected chi connectivity index (χ3v) is 17.8. The number of ether oxygens (including phenoxy) is 1. The molecule has 2 aliphatic rings. The molecular formula is C71H84F2O6. The number of esters is 1. The van der Waals surface area contributed by atoms with Gasteiger partial charge in [-0.1, -0.05) is 188 Å². The second kappa shape index (κ2) is 26.2. The monoisotopic (exact) mass is 1070 g/mol. The summed E-state index contributed by atoms with van der Waals surface area (Å²) >= 11 is 0. The maximum atomic E-state index is 14.8. The van der Waals surface area contributed by atoms with Crippen molar-refractivity contribution in [2.24, 2.45) is 0 Å². The number of aliphatic carboxylic acids is 1. The summed E-state index contributed by atoms with van der Waals surface area (Å²) in [6, 6.07) is 36.2. The molecule has 0 heterocycles. The number of methoxy groups -OCH3 is 1. The minimum Gasteiger partial charge on any atom is -0.481 e. The van der Waals surface area contributed by atoms with Crippen molar-refractivity contribution in [3.05, 3.63) is 200 Å². The predicted molar refractivity (Wildman–Crippen MR) is 319 cm³/mol. The van der Waals surface area contributed by atoms with Gasteiger partial charge >= 0.3 is 11.9 Å². The van der Waals surface area contributed by atoms with Crippen LogP contribution in [0.15, 0.2) is 121 Å². The molecule has 6 nitrogen and oxygen atoms in total. The van der Waals surface area contributed by atoms with Crippen molar-refractivity contribution >= 4 is 24.1 Å². The summed E-state index contributed by atoms with van der Waals surface area (Å²) in [5.41, 5.74) is 14.2. The van der Waals surface area contributed by atoms with Gasteiger partial charge in [0.25, 0.3) is 0 Å². The zero-order valence-electron chi connectivity index (χ0n) is 48.3. The van der Waals surface area contributed by atoms with Gasteiger partial charge in [-0.15, -0.1) is 0 Å². The second-order valence-corrected chi connectivity index (χ2v) is 22.7. The molecule has 6 aromatic rings. The number of aryl methyl sites for hydroxylation is 4. The summed E-state index contributed by atoms with van der Waals surface area (Å²) < 4.78 is 34.1. The van der Waals surface area contributed by atoms with E-state index in [-0.39, 0.29) is 29.2 Å². The van der Waals surface area contributed by atoms with Gasteiger partial charge in [-0.05, 0) is 180 Å². The lowest BCUT2D eigenvalue weighted by atomic mass is 9.69. The smallest absolute Gasteiger partial charge is 0.310 e. The lowest BCUT2D eigenvalue weighted by Gasteiger charge is -2.34. The number of aliphatic hydroxyl groups is 2. The molecule has 0 radical (unpaired) electrons. The van der Waals surface area contributed by atoms with Gasteiger partial charge in [0.15, 0.2) is 0 Å². The number of benzene rings is 6. The molecule has 6 aromatic carbocycles. The average Bonchev–Trinajstić information content (AvgIpc) is 3.55. The van der Waals surface area contributed by atoms with Crippen LogP contribution in [-0.4, -0.2) is 45.6 Å². The van der Waals surface area contributed by atoms with Gasteiger partial charge in [0.1, 0.15) is 11.6 Å². The van der Waals surface area contributed by atoms with E-state index in [4.69, 9.17) is 5.11 Å². The number of carbonyl (C=O) groups is 2. The minimum absolute atomic E-state index is 0.0784. The molecule has 0 atom stereocenters. The van der Waals surface area contributed by atoms with E-state index in [1.54, 1.807) is 18.2 Å². The molecule has 8 rings (SSSR count). The Balaban J connectivity index is 0.000000229. The van der Waals surface area contributed by atoms with Gasteiger partial charge < -0.3 is 20.1 Å². The largest absolute Gasteiger partial charge is 0.481 e. The number of rotatable bonds is 18. The van der Waals surface area contributed by atoms with E-state index < -0.39 is 34.8 Å². The van der Waals surface area contributed by atoms with Crippen LogP contribution in [0.25, 0.3) is 34.4 Å². The van der Waals surface area contributed by atoms with Crippen LogP contribution in [0.1, 0.15) is 184 Å². The van der Waals surface area contributed by atoms with Gasteiger partial charge in [0, 0.05) is 10.8 Å². The molecule has 2 aliphatic carbocycles. The molecule has 0 saturated heterocycles. The molecule has 2 saturated carbocycles. The van der Waals surface area contributed by atoms with E-state index >= 15 is 0 Å². The van der Waals surface area contributed by atoms with Crippen molar-refractivity contribution in [1.82, 2.24) is 0 Å². The molecule has 0 amide bonds. The third kappa shape index (κ3) is 13.9. The van der Waals surface area contributed by atoms with Crippen molar-refractivity contribution in [2.45, 2.75) is 180 Å². The van der Waals surface area contributed by atoms with Crippen molar-refractivity contribution in [3.63, 3.8) is 0 Å². The van der Waals surface area contributed by atoms with E-state index in [9.17, 15) is 28.6 Å². The number of hydrogen-bond donors (Lipinski definition) is 3. The van der Waals surface area contributed by atoms with Crippen LogP contribution in [0.2, 0.25) is 0 Å². The van der Waals surface area contributed by atoms with Crippen LogP contribution >= 0.6 is 0 Å². The van der Waals surface area contributed by atoms with E-state index in [0.29, 0.717) is 5.56 Å². The van der Waals surface area contributed by atoms with Crippen LogP contribution in [0, 0.1) is 39.3 Å².